The molecule has 0 radical (unpaired) electrons. The van der Waals surface area contributed by atoms with E-state index >= 15 is 0 Å². The van der Waals surface area contributed by atoms with Crippen LogP contribution in [0.25, 0.3) is 16.6 Å². The SMILES string of the molecule is CN(CC1CCCN2CCCCC12)C(=O)CCn1ccc2c(cnc3ccnn32)c1=O. The summed E-state index contributed by atoms with van der Waals surface area (Å²) in [4.78, 5) is 34.6. The molecule has 2 unspecified atom stereocenters. The second-order valence-electron chi connectivity index (χ2n) is 9.00. The number of carbonyl (C=O) groups excluding carboxylic acids is 1. The fourth-order valence-corrected chi connectivity index (χ4v) is 5.43. The van der Waals surface area contributed by atoms with Crippen LogP contribution in [0, 0.1) is 5.92 Å². The van der Waals surface area contributed by atoms with Gasteiger partial charge in [-0.25, -0.2) is 9.50 Å². The Morgan fingerprint density at radius 1 is 1.19 bits per heavy atom. The van der Waals surface area contributed by atoms with Gasteiger partial charge in [-0.3, -0.25) is 9.59 Å². The molecule has 3 aromatic heterocycles. The molecule has 0 spiro atoms. The van der Waals surface area contributed by atoms with Gasteiger partial charge in [0.1, 0.15) is 0 Å². The zero-order chi connectivity index (χ0) is 21.4. The van der Waals surface area contributed by atoms with Crippen molar-refractivity contribution in [1.29, 1.82) is 0 Å². The van der Waals surface area contributed by atoms with Gasteiger partial charge >= 0.3 is 0 Å². The van der Waals surface area contributed by atoms with Crippen molar-refractivity contribution in [2.45, 2.75) is 51.1 Å². The molecule has 2 aliphatic heterocycles. The van der Waals surface area contributed by atoms with Crippen LogP contribution >= 0.6 is 0 Å². The second kappa shape index (κ2) is 8.42. The van der Waals surface area contributed by atoms with E-state index in [4.69, 9.17) is 0 Å². The first-order chi connectivity index (χ1) is 15.1. The number of amides is 1. The third kappa shape index (κ3) is 3.84. The van der Waals surface area contributed by atoms with Crippen LogP contribution in [0.4, 0.5) is 0 Å². The zero-order valence-electron chi connectivity index (χ0n) is 18.1. The van der Waals surface area contributed by atoms with Gasteiger partial charge in [-0.1, -0.05) is 6.42 Å². The van der Waals surface area contributed by atoms with Crippen molar-refractivity contribution in [2.24, 2.45) is 5.92 Å². The average molecular weight is 423 g/mol. The summed E-state index contributed by atoms with van der Waals surface area (Å²) in [6.45, 7) is 3.61. The Labute approximate surface area is 181 Å². The van der Waals surface area contributed by atoms with Gasteiger partial charge in [0.05, 0.1) is 17.1 Å². The van der Waals surface area contributed by atoms with Gasteiger partial charge in [0.2, 0.25) is 5.91 Å². The minimum absolute atomic E-state index is 0.0978. The molecule has 8 nitrogen and oxygen atoms in total. The first kappa shape index (κ1) is 20.2. The number of aryl methyl sites for hydroxylation is 1. The molecule has 2 saturated heterocycles. The van der Waals surface area contributed by atoms with Crippen molar-refractivity contribution in [1.82, 2.24) is 29.0 Å². The van der Waals surface area contributed by atoms with E-state index in [1.165, 1.54) is 45.2 Å². The summed E-state index contributed by atoms with van der Waals surface area (Å²) in [5.74, 6) is 0.662. The monoisotopic (exact) mass is 422 g/mol. The van der Waals surface area contributed by atoms with Crippen LogP contribution in [-0.4, -0.2) is 67.6 Å². The maximum Gasteiger partial charge on any atom is 0.261 e. The van der Waals surface area contributed by atoms with E-state index in [1.807, 2.05) is 18.0 Å². The summed E-state index contributed by atoms with van der Waals surface area (Å²) in [6, 6.07) is 4.30. The van der Waals surface area contributed by atoms with Gasteiger partial charge < -0.3 is 14.4 Å². The largest absolute Gasteiger partial charge is 0.345 e. The van der Waals surface area contributed by atoms with Crippen molar-refractivity contribution in [3.05, 3.63) is 41.1 Å². The lowest BCUT2D eigenvalue weighted by Gasteiger charge is -2.45. The van der Waals surface area contributed by atoms with Crippen LogP contribution in [0.1, 0.15) is 38.5 Å². The summed E-state index contributed by atoms with van der Waals surface area (Å²) in [5.41, 5.74) is 1.30. The maximum atomic E-state index is 12.9. The lowest BCUT2D eigenvalue weighted by molar-refractivity contribution is -0.131. The van der Waals surface area contributed by atoms with E-state index in [-0.39, 0.29) is 11.5 Å². The third-order valence-corrected chi connectivity index (χ3v) is 7.09. The first-order valence-corrected chi connectivity index (χ1v) is 11.4. The third-order valence-electron chi connectivity index (χ3n) is 7.09. The predicted octanol–water partition coefficient (Wildman–Crippen LogP) is 2.16. The molecule has 0 bridgehead atoms. The number of aromatic nitrogens is 4. The van der Waals surface area contributed by atoms with Crippen LogP contribution in [0.5, 0.6) is 0 Å². The number of pyridine rings is 1. The van der Waals surface area contributed by atoms with Crippen molar-refractivity contribution in [3.63, 3.8) is 0 Å². The van der Waals surface area contributed by atoms with Gasteiger partial charge in [-0.05, 0) is 50.8 Å². The molecule has 5 heterocycles. The molecule has 31 heavy (non-hydrogen) atoms. The molecule has 2 atom stereocenters. The Kier molecular flexibility index (Phi) is 5.48. The summed E-state index contributed by atoms with van der Waals surface area (Å²) < 4.78 is 3.27. The molecular weight excluding hydrogens is 392 g/mol. The second-order valence-corrected chi connectivity index (χ2v) is 9.00. The smallest absolute Gasteiger partial charge is 0.261 e. The number of nitrogens with zero attached hydrogens (tertiary/aromatic N) is 6. The number of piperidine rings is 2. The van der Waals surface area contributed by atoms with Crippen molar-refractivity contribution < 1.29 is 4.79 Å². The Morgan fingerprint density at radius 2 is 2.06 bits per heavy atom. The summed E-state index contributed by atoms with van der Waals surface area (Å²) in [7, 11) is 1.91. The number of hydrogen-bond acceptors (Lipinski definition) is 5. The zero-order valence-corrected chi connectivity index (χ0v) is 18.1. The van der Waals surface area contributed by atoms with Gasteiger partial charge in [-0.2, -0.15) is 5.10 Å². The summed E-state index contributed by atoms with van der Waals surface area (Å²) in [5, 5.41) is 4.75. The molecule has 5 rings (SSSR count). The number of fused-ring (bicyclic) bond motifs is 4. The fraction of sp³-hybridized carbons (Fsp3) is 0.565. The van der Waals surface area contributed by atoms with E-state index in [0.717, 1.165) is 12.1 Å². The van der Waals surface area contributed by atoms with Crippen LogP contribution in [0.15, 0.2) is 35.5 Å². The first-order valence-electron chi connectivity index (χ1n) is 11.4. The van der Waals surface area contributed by atoms with E-state index in [2.05, 4.69) is 15.0 Å². The predicted molar refractivity (Wildman–Crippen MR) is 119 cm³/mol. The molecule has 2 fully saturated rings. The van der Waals surface area contributed by atoms with Gasteiger partial charge in [0.15, 0.2) is 5.65 Å². The molecule has 0 aliphatic carbocycles. The van der Waals surface area contributed by atoms with Crippen LogP contribution in [0.2, 0.25) is 0 Å². The molecular formula is C23H30N6O2. The van der Waals surface area contributed by atoms with Crippen LogP contribution < -0.4 is 5.56 Å². The van der Waals surface area contributed by atoms with E-state index in [0.29, 0.717) is 36.0 Å². The molecule has 0 aromatic carbocycles. The van der Waals surface area contributed by atoms with Gasteiger partial charge in [-0.15, -0.1) is 0 Å². The molecule has 0 saturated carbocycles. The highest BCUT2D eigenvalue weighted by molar-refractivity contribution is 5.79. The molecule has 0 N–H and O–H groups in total. The van der Waals surface area contributed by atoms with Gasteiger partial charge in [0.25, 0.3) is 5.56 Å². The van der Waals surface area contributed by atoms with Crippen LogP contribution in [0.3, 0.4) is 0 Å². The lowest BCUT2D eigenvalue weighted by Crippen LogP contribution is -2.51. The highest BCUT2D eigenvalue weighted by Crippen LogP contribution is 2.31. The van der Waals surface area contributed by atoms with E-state index < -0.39 is 0 Å². The minimum atomic E-state index is -0.136. The molecule has 8 heteroatoms. The Morgan fingerprint density at radius 3 is 2.97 bits per heavy atom. The fourth-order valence-electron chi connectivity index (χ4n) is 5.43. The lowest BCUT2D eigenvalue weighted by atomic mass is 9.83. The number of hydrogen-bond donors (Lipinski definition) is 0. The highest BCUT2D eigenvalue weighted by atomic mass is 16.2. The number of rotatable bonds is 5. The highest BCUT2D eigenvalue weighted by Gasteiger charge is 2.33. The maximum absolute atomic E-state index is 12.9. The molecule has 1 amide bonds. The minimum Gasteiger partial charge on any atom is -0.345 e. The Balaban J connectivity index is 1.24. The molecule has 2 aliphatic rings. The normalized spacial score (nSPS) is 22.0. The number of carbonyl (C=O) groups is 1. The molecule has 3 aromatic rings. The average Bonchev–Trinajstić information content (AvgIpc) is 3.28. The van der Waals surface area contributed by atoms with Crippen LogP contribution in [-0.2, 0) is 11.3 Å². The summed E-state index contributed by atoms with van der Waals surface area (Å²) in [6.07, 6.45) is 11.6. The van der Waals surface area contributed by atoms with E-state index in [9.17, 15) is 9.59 Å². The topological polar surface area (TPSA) is 75.7 Å². The summed E-state index contributed by atoms with van der Waals surface area (Å²) >= 11 is 0. The molecule has 164 valence electrons. The Bertz CT molecular complexity index is 1150. The van der Waals surface area contributed by atoms with Crippen molar-refractivity contribution >= 4 is 22.5 Å². The quantitative estimate of drug-likeness (QED) is 0.630. The van der Waals surface area contributed by atoms with E-state index in [1.54, 1.807) is 33.7 Å². The van der Waals surface area contributed by atoms with Gasteiger partial charge in [0, 0.05) is 51.1 Å². The standard InChI is InChI=1S/C23H30N6O2/c1-26(16-17-5-4-12-27-11-3-2-6-19(17)27)22(30)9-14-28-13-8-20-18(23(28)31)15-24-21-7-10-25-29(20)21/h7-8,10,13,15,17,19H,2-6,9,11-12,14,16H2,1H3. The Hall–Kier alpha value is -2.74. The van der Waals surface area contributed by atoms with Crippen molar-refractivity contribution in [2.75, 3.05) is 26.7 Å². The van der Waals surface area contributed by atoms with Crippen molar-refractivity contribution in [3.8, 4) is 0 Å².